The van der Waals surface area contributed by atoms with E-state index >= 15 is 0 Å². The molecule has 3 atom stereocenters. The van der Waals surface area contributed by atoms with Gasteiger partial charge in [0.15, 0.2) is 11.2 Å². The average Bonchev–Trinajstić information content (AvgIpc) is 3.64. The van der Waals surface area contributed by atoms with E-state index in [1.165, 1.54) is 22.7 Å². The highest BCUT2D eigenvalue weighted by molar-refractivity contribution is 7.15. The first kappa shape index (κ1) is 30.6. The highest BCUT2D eigenvalue weighted by Gasteiger charge is 2.40. The van der Waals surface area contributed by atoms with Crippen molar-refractivity contribution in [2.45, 2.75) is 50.2 Å². The van der Waals surface area contributed by atoms with Crippen LogP contribution in [0.5, 0.6) is 0 Å². The van der Waals surface area contributed by atoms with Crippen molar-refractivity contribution in [2.75, 3.05) is 23.8 Å². The number of benzene rings is 1. The minimum absolute atomic E-state index is 0.217. The van der Waals surface area contributed by atoms with Crippen molar-refractivity contribution in [2.24, 2.45) is 5.92 Å². The predicted octanol–water partition coefficient (Wildman–Crippen LogP) is 1.96. The summed E-state index contributed by atoms with van der Waals surface area (Å²) in [6.45, 7) is 0.465. The smallest absolute Gasteiger partial charge is 0.265 e. The van der Waals surface area contributed by atoms with Crippen molar-refractivity contribution in [3.8, 4) is 0 Å². The number of aliphatic hydroxyl groups excluding tert-OH is 2. The van der Waals surface area contributed by atoms with Gasteiger partial charge in [0.1, 0.15) is 10.0 Å². The summed E-state index contributed by atoms with van der Waals surface area (Å²) in [5.41, 5.74) is -3.56. The largest absolute Gasteiger partial charge is 0.392 e. The van der Waals surface area contributed by atoms with Crippen molar-refractivity contribution in [3.05, 3.63) is 69.7 Å². The van der Waals surface area contributed by atoms with E-state index < -0.39 is 36.2 Å². The number of hydrogen-bond acceptors (Lipinski definition) is 12. The SMILES string of the molecule is CC1C=CC(C(O)(CO)C(=O)Nc2nnc(CCCCc3nnc(NC(=O)C(O)(CO)c4ccccc4)s3)s2)=CC1. The van der Waals surface area contributed by atoms with Gasteiger partial charge in [0.05, 0.1) is 13.2 Å². The summed E-state index contributed by atoms with van der Waals surface area (Å²) in [6, 6.07) is 8.17. The third-order valence-corrected chi connectivity index (χ3v) is 8.45. The summed E-state index contributed by atoms with van der Waals surface area (Å²) < 4.78 is 0. The van der Waals surface area contributed by atoms with Crippen molar-refractivity contribution >= 4 is 44.8 Å². The van der Waals surface area contributed by atoms with Crippen molar-refractivity contribution < 1.29 is 30.0 Å². The molecule has 12 nitrogen and oxygen atoms in total. The fraction of sp³-hybridized carbons (Fsp3) is 0.407. The van der Waals surface area contributed by atoms with Crippen LogP contribution in [0.1, 0.15) is 41.8 Å². The fourth-order valence-corrected chi connectivity index (χ4v) is 5.65. The Labute approximate surface area is 244 Å². The number of anilines is 2. The average molecular weight is 601 g/mol. The number of carbonyl (C=O) groups excluding carboxylic acids is 2. The monoisotopic (exact) mass is 600 g/mol. The van der Waals surface area contributed by atoms with Crippen molar-refractivity contribution in [3.63, 3.8) is 0 Å². The molecule has 0 radical (unpaired) electrons. The van der Waals surface area contributed by atoms with Crippen LogP contribution in [0.3, 0.4) is 0 Å². The zero-order valence-electron chi connectivity index (χ0n) is 22.4. The molecule has 4 rings (SSSR count). The Balaban J connectivity index is 1.24. The summed E-state index contributed by atoms with van der Waals surface area (Å²) in [7, 11) is 0. The number of nitrogens with one attached hydrogen (secondary N) is 2. The van der Waals surface area contributed by atoms with E-state index in [-0.39, 0.29) is 15.8 Å². The molecule has 14 heteroatoms. The molecule has 3 aromatic rings. The topological polar surface area (TPSA) is 191 Å². The van der Waals surface area contributed by atoms with E-state index in [1.54, 1.807) is 42.5 Å². The molecule has 6 N–H and O–H groups in total. The fourth-order valence-electron chi connectivity index (χ4n) is 4.10. The number of carbonyl (C=O) groups is 2. The van der Waals surface area contributed by atoms with Gasteiger partial charge in [0.2, 0.25) is 10.3 Å². The highest BCUT2D eigenvalue weighted by atomic mass is 32.1. The Morgan fingerprint density at radius 2 is 1.41 bits per heavy atom. The molecular formula is C27H32N6O6S2. The lowest BCUT2D eigenvalue weighted by molar-refractivity contribution is -0.139. The van der Waals surface area contributed by atoms with E-state index in [0.29, 0.717) is 40.8 Å². The van der Waals surface area contributed by atoms with Gasteiger partial charge < -0.3 is 20.4 Å². The van der Waals surface area contributed by atoms with Crippen LogP contribution in [0.15, 0.2) is 54.1 Å². The predicted molar refractivity (Wildman–Crippen MR) is 154 cm³/mol. The first-order valence-electron chi connectivity index (χ1n) is 13.1. The normalized spacial score (nSPS) is 17.8. The molecule has 0 aliphatic heterocycles. The molecule has 1 aliphatic rings. The van der Waals surface area contributed by atoms with E-state index in [4.69, 9.17) is 0 Å². The molecular weight excluding hydrogens is 568 g/mol. The standard InChI is InChI=1S/C27H32N6O6S2/c1-17-11-13-19(14-12-17)27(39,16-35)23(37)29-25-33-31-21(41-25)10-6-5-9-20-30-32-24(40-20)28-22(36)26(38,15-34)18-7-3-2-4-8-18/h2-4,7-8,11,13-14,17,34-35,38-39H,5-6,9-10,12,15-16H2,1H3,(H,28,32,36)(H,29,33,37). The first-order valence-corrected chi connectivity index (χ1v) is 14.7. The third-order valence-electron chi connectivity index (χ3n) is 6.66. The summed E-state index contributed by atoms with van der Waals surface area (Å²) in [5, 5.41) is 64.1. The summed E-state index contributed by atoms with van der Waals surface area (Å²) in [4.78, 5) is 25.4. The second kappa shape index (κ2) is 13.5. The number of aliphatic hydroxyl groups is 4. The zero-order valence-corrected chi connectivity index (χ0v) is 24.0. The molecule has 41 heavy (non-hydrogen) atoms. The van der Waals surface area contributed by atoms with Gasteiger partial charge in [0, 0.05) is 12.8 Å². The highest BCUT2D eigenvalue weighted by Crippen LogP contribution is 2.28. The molecule has 2 amide bonds. The quantitative estimate of drug-likeness (QED) is 0.158. The Bertz CT molecular complexity index is 1410. The Hall–Kier alpha value is -3.40. The molecule has 0 fully saturated rings. The number of aryl methyl sites for hydroxylation is 2. The van der Waals surface area contributed by atoms with E-state index in [9.17, 15) is 30.0 Å². The number of allylic oxidation sites excluding steroid dienone is 2. The zero-order chi connectivity index (χ0) is 29.5. The summed E-state index contributed by atoms with van der Waals surface area (Å²) in [6.07, 6.45) is 8.66. The number of aromatic nitrogens is 4. The summed E-state index contributed by atoms with van der Waals surface area (Å²) in [5.74, 6) is -1.27. The Morgan fingerprint density at radius 1 is 0.878 bits per heavy atom. The molecule has 2 aromatic heterocycles. The van der Waals surface area contributed by atoms with Gasteiger partial charge in [-0.2, -0.15) is 0 Å². The number of hydrogen-bond donors (Lipinski definition) is 6. The minimum Gasteiger partial charge on any atom is -0.392 e. The molecule has 2 heterocycles. The number of nitrogens with zero attached hydrogens (tertiary/aromatic N) is 4. The van der Waals surface area contributed by atoms with Gasteiger partial charge >= 0.3 is 0 Å². The molecule has 1 aromatic carbocycles. The van der Waals surface area contributed by atoms with Crippen LogP contribution < -0.4 is 10.6 Å². The van der Waals surface area contributed by atoms with Crippen LogP contribution in [-0.2, 0) is 28.0 Å². The second-order valence-corrected chi connectivity index (χ2v) is 11.9. The van der Waals surface area contributed by atoms with Crippen molar-refractivity contribution in [1.82, 2.24) is 20.4 Å². The maximum absolute atomic E-state index is 12.8. The van der Waals surface area contributed by atoms with Crippen LogP contribution in [0, 0.1) is 5.92 Å². The Morgan fingerprint density at radius 3 is 1.90 bits per heavy atom. The molecule has 1 aliphatic carbocycles. The molecule has 0 spiro atoms. The van der Waals surface area contributed by atoms with Gasteiger partial charge in [0.25, 0.3) is 11.8 Å². The lowest BCUT2D eigenvalue weighted by atomic mass is 9.87. The Kier molecular flexibility index (Phi) is 10.1. The van der Waals surface area contributed by atoms with E-state index in [2.05, 4.69) is 31.0 Å². The van der Waals surface area contributed by atoms with Gasteiger partial charge in [-0.25, -0.2) is 0 Å². The van der Waals surface area contributed by atoms with Crippen molar-refractivity contribution in [1.29, 1.82) is 0 Å². The molecule has 218 valence electrons. The minimum atomic E-state index is -2.10. The maximum Gasteiger partial charge on any atom is 0.265 e. The van der Waals surface area contributed by atoms with Crippen LogP contribution in [-0.4, -0.2) is 71.5 Å². The number of unbranched alkanes of at least 4 members (excludes halogenated alkanes) is 1. The molecule has 3 unspecified atom stereocenters. The molecule has 0 saturated carbocycles. The number of amides is 2. The van der Waals surface area contributed by atoms with Crippen LogP contribution in [0.2, 0.25) is 0 Å². The van der Waals surface area contributed by atoms with Crippen LogP contribution in [0.25, 0.3) is 0 Å². The van der Waals surface area contributed by atoms with E-state index in [0.717, 1.165) is 12.8 Å². The lowest BCUT2D eigenvalue weighted by Gasteiger charge is -2.27. The van der Waals surface area contributed by atoms with Crippen LogP contribution >= 0.6 is 22.7 Å². The van der Waals surface area contributed by atoms with Gasteiger partial charge in [-0.3, -0.25) is 20.2 Å². The van der Waals surface area contributed by atoms with E-state index in [1.807, 2.05) is 13.0 Å². The molecule has 0 bridgehead atoms. The van der Waals surface area contributed by atoms with Gasteiger partial charge in [-0.05, 0) is 36.3 Å². The third kappa shape index (κ3) is 7.28. The summed E-state index contributed by atoms with van der Waals surface area (Å²) >= 11 is 2.38. The van der Waals surface area contributed by atoms with Crippen LogP contribution in [0.4, 0.5) is 10.3 Å². The number of rotatable bonds is 13. The van der Waals surface area contributed by atoms with Gasteiger partial charge in [-0.15, -0.1) is 20.4 Å². The first-order chi connectivity index (χ1) is 19.7. The maximum atomic E-state index is 12.8. The molecule has 0 saturated heterocycles. The second-order valence-electron chi connectivity index (χ2n) is 9.75. The lowest BCUT2D eigenvalue weighted by Crippen LogP contribution is -2.47. The van der Waals surface area contributed by atoms with Gasteiger partial charge in [-0.1, -0.05) is 78.2 Å².